The summed E-state index contributed by atoms with van der Waals surface area (Å²) in [7, 11) is 1.70. The van der Waals surface area contributed by atoms with Gasteiger partial charge in [0.2, 0.25) is 11.8 Å². The van der Waals surface area contributed by atoms with E-state index in [1.54, 1.807) is 18.1 Å². The molecule has 8 nitrogen and oxygen atoms in total. The first-order chi connectivity index (χ1) is 17.5. The summed E-state index contributed by atoms with van der Waals surface area (Å²) in [6.07, 6.45) is 4.92. The predicted molar refractivity (Wildman–Crippen MR) is 136 cm³/mol. The van der Waals surface area contributed by atoms with Gasteiger partial charge in [0.15, 0.2) is 0 Å². The number of hydrogen-bond acceptors (Lipinski definition) is 6. The summed E-state index contributed by atoms with van der Waals surface area (Å²) in [4.78, 5) is 37.9. The van der Waals surface area contributed by atoms with Crippen LogP contribution in [0.4, 0.5) is 0 Å². The molecule has 36 heavy (non-hydrogen) atoms. The Morgan fingerprint density at radius 2 is 1.89 bits per heavy atom. The Bertz CT molecular complexity index is 1120. The first kappa shape index (κ1) is 25.7. The summed E-state index contributed by atoms with van der Waals surface area (Å²) < 4.78 is 11.3. The number of hydrogen-bond donors (Lipinski definition) is 2. The lowest BCUT2D eigenvalue weighted by Crippen LogP contribution is -2.52. The van der Waals surface area contributed by atoms with Crippen molar-refractivity contribution in [3.05, 3.63) is 58.7 Å². The van der Waals surface area contributed by atoms with E-state index in [2.05, 4.69) is 28.8 Å². The minimum Gasteiger partial charge on any atom is -0.496 e. The van der Waals surface area contributed by atoms with Crippen molar-refractivity contribution in [2.45, 2.75) is 64.6 Å². The van der Waals surface area contributed by atoms with Crippen LogP contribution in [0, 0.1) is 6.92 Å². The fraction of sp³-hybridized carbons (Fsp3) is 0.464. The van der Waals surface area contributed by atoms with Crippen LogP contribution in [-0.4, -0.2) is 48.9 Å². The second kappa shape index (κ2) is 12.0. The van der Waals surface area contributed by atoms with Gasteiger partial charge in [-0.15, -0.1) is 0 Å². The average Bonchev–Trinajstić information content (AvgIpc) is 3.19. The molecular weight excluding hydrogens is 458 g/mol. The molecule has 192 valence electrons. The Kier molecular flexibility index (Phi) is 8.59. The Morgan fingerprint density at radius 3 is 2.69 bits per heavy atom. The quantitative estimate of drug-likeness (QED) is 0.347. The average molecular weight is 494 g/mol. The molecule has 1 saturated heterocycles. The number of amides is 3. The highest BCUT2D eigenvalue weighted by molar-refractivity contribution is 6.05. The Hall–Kier alpha value is -3.39. The van der Waals surface area contributed by atoms with Crippen molar-refractivity contribution in [1.29, 1.82) is 0 Å². The van der Waals surface area contributed by atoms with Gasteiger partial charge in [0, 0.05) is 25.1 Å². The minimum absolute atomic E-state index is 0.166. The molecular formula is C28H35N3O5. The first-order valence-corrected chi connectivity index (χ1v) is 12.7. The highest BCUT2D eigenvalue weighted by Crippen LogP contribution is 2.30. The fourth-order valence-corrected chi connectivity index (χ4v) is 4.74. The third-order valence-electron chi connectivity index (χ3n) is 6.81. The van der Waals surface area contributed by atoms with E-state index in [-0.39, 0.29) is 18.2 Å². The number of methoxy groups -OCH3 is 1. The summed E-state index contributed by atoms with van der Waals surface area (Å²) in [5, 5.41) is 5.82. The van der Waals surface area contributed by atoms with Crippen LogP contribution < -0.4 is 20.1 Å². The summed E-state index contributed by atoms with van der Waals surface area (Å²) in [6.45, 7) is 4.84. The molecule has 8 heteroatoms. The SMILES string of the molecule is COc1cc(CNCCCCCCOc2ccc3c(c2)CN(C2CCC(=O)NC2=O)C3=O)ccc1C. The molecule has 0 bridgehead atoms. The number of nitrogens with zero attached hydrogens (tertiary/aromatic N) is 1. The van der Waals surface area contributed by atoms with E-state index in [1.807, 2.05) is 19.1 Å². The van der Waals surface area contributed by atoms with Crippen molar-refractivity contribution in [3.8, 4) is 11.5 Å². The molecule has 0 aliphatic carbocycles. The standard InChI is InChI=1S/C28H35N3O5/c1-19-7-8-20(15-25(19)35-2)17-29-13-5-3-4-6-14-36-22-9-10-23-21(16-22)18-31(28(23)34)24-11-12-26(32)30-27(24)33/h7-10,15-16,24,29H,3-6,11-14,17-18H2,1-2H3,(H,30,32,33). The second-order valence-corrected chi connectivity index (χ2v) is 9.46. The van der Waals surface area contributed by atoms with Crippen LogP contribution in [0.5, 0.6) is 11.5 Å². The monoisotopic (exact) mass is 493 g/mol. The van der Waals surface area contributed by atoms with Crippen molar-refractivity contribution in [3.63, 3.8) is 0 Å². The van der Waals surface area contributed by atoms with E-state index < -0.39 is 11.9 Å². The van der Waals surface area contributed by atoms with Crippen LogP contribution in [0.3, 0.4) is 0 Å². The number of ether oxygens (including phenoxy) is 2. The van der Waals surface area contributed by atoms with Gasteiger partial charge in [-0.3, -0.25) is 19.7 Å². The molecule has 2 aliphatic rings. The number of rotatable bonds is 12. The maximum atomic E-state index is 12.8. The van der Waals surface area contributed by atoms with Crippen LogP contribution in [0.1, 0.15) is 65.6 Å². The van der Waals surface area contributed by atoms with Crippen molar-refractivity contribution < 1.29 is 23.9 Å². The number of benzene rings is 2. The highest BCUT2D eigenvalue weighted by Gasteiger charge is 2.39. The lowest BCUT2D eigenvalue weighted by atomic mass is 10.0. The van der Waals surface area contributed by atoms with Gasteiger partial charge in [0.1, 0.15) is 17.5 Å². The van der Waals surface area contributed by atoms with Gasteiger partial charge in [-0.2, -0.15) is 0 Å². The summed E-state index contributed by atoms with van der Waals surface area (Å²) >= 11 is 0. The van der Waals surface area contributed by atoms with Gasteiger partial charge >= 0.3 is 0 Å². The molecule has 2 heterocycles. The number of imide groups is 1. The number of carbonyl (C=O) groups excluding carboxylic acids is 3. The van der Waals surface area contributed by atoms with E-state index in [4.69, 9.17) is 9.47 Å². The van der Waals surface area contributed by atoms with E-state index in [1.165, 1.54) is 5.56 Å². The van der Waals surface area contributed by atoms with Crippen molar-refractivity contribution in [1.82, 2.24) is 15.5 Å². The molecule has 0 aromatic heterocycles. The molecule has 2 aromatic rings. The number of carbonyl (C=O) groups is 3. The van der Waals surface area contributed by atoms with Crippen LogP contribution in [0.2, 0.25) is 0 Å². The zero-order valence-electron chi connectivity index (χ0n) is 21.1. The molecule has 3 amide bonds. The first-order valence-electron chi connectivity index (χ1n) is 12.7. The van der Waals surface area contributed by atoms with Gasteiger partial charge in [-0.25, -0.2) is 0 Å². The van der Waals surface area contributed by atoms with E-state index in [0.717, 1.165) is 61.4 Å². The minimum atomic E-state index is -0.596. The lowest BCUT2D eigenvalue weighted by Gasteiger charge is -2.29. The number of nitrogens with one attached hydrogen (secondary N) is 2. The number of fused-ring (bicyclic) bond motifs is 1. The Balaban J connectivity index is 1.12. The molecule has 2 aliphatic heterocycles. The third kappa shape index (κ3) is 6.23. The second-order valence-electron chi connectivity index (χ2n) is 9.46. The van der Waals surface area contributed by atoms with Gasteiger partial charge in [0.25, 0.3) is 5.91 Å². The molecule has 0 saturated carbocycles. The van der Waals surface area contributed by atoms with E-state index in [9.17, 15) is 14.4 Å². The topological polar surface area (TPSA) is 97.0 Å². The number of unbranched alkanes of at least 4 members (excludes halogenated alkanes) is 3. The normalized spacial score (nSPS) is 17.2. The maximum Gasteiger partial charge on any atom is 0.255 e. The molecule has 4 rings (SSSR count). The fourth-order valence-electron chi connectivity index (χ4n) is 4.74. The number of piperidine rings is 1. The van der Waals surface area contributed by atoms with Gasteiger partial charge < -0.3 is 19.7 Å². The molecule has 1 fully saturated rings. The van der Waals surface area contributed by atoms with Crippen molar-refractivity contribution >= 4 is 17.7 Å². The predicted octanol–water partition coefficient (Wildman–Crippen LogP) is 3.49. The smallest absolute Gasteiger partial charge is 0.255 e. The van der Waals surface area contributed by atoms with E-state index in [0.29, 0.717) is 25.1 Å². The summed E-state index contributed by atoms with van der Waals surface area (Å²) in [5.74, 6) is 0.823. The summed E-state index contributed by atoms with van der Waals surface area (Å²) in [5.41, 5.74) is 3.83. The van der Waals surface area contributed by atoms with Crippen LogP contribution in [-0.2, 0) is 22.7 Å². The number of aryl methyl sites for hydroxylation is 1. The lowest BCUT2D eigenvalue weighted by molar-refractivity contribution is -0.136. The van der Waals surface area contributed by atoms with Crippen LogP contribution in [0.25, 0.3) is 0 Å². The third-order valence-corrected chi connectivity index (χ3v) is 6.81. The van der Waals surface area contributed by atoms with Crippen molar-refractivity contribution in [2.75, 3.05) is 20.3 Å². The highest BCUT2D eigenvalue weighted by atomic mass is 16.5. The molecule has 2 aromatic carbocycles. The molecule has 0 spiro atoms. The van der Waals surface area contributed by atoms with Crippen molar-refractivity contribution in [2.24, 2.45) is 0 Å². The van der Waals surface area contributed by atoms with Gasteiger partial charge in [-0.05, 0) is 73.7 Å². The molecule has 1 unspecified atom stereocenters. The molecule has 0 radical (unpaired) electrons. The summed E-state index contributed by atoms with van der Waals surface area (Å²) in [6, 6.07) is 11.2. The molecule has 2 N–H and O–H groups in total. The zero-order chi connectivity index (χ0) is 25.5. The zero-order valence-corrected chi connectivity index (χ0v) is 21.1. The maximum absolute atomic E-state index is 12.8. The largest absolute Gasteiger partial charge is 0.496 e. The van der Waals surface area contributed by atoms with Crippen LogP contribution in [0.15, 0.2) is 36.4 Å². The van der Waals surface area contributed by atoms with Gasteiger partial charge in [-0.1, -0.05) is 25.0 Å². The molecule has 1 atom stereocenters. The Labute approximate surface area is 212 Å². The van der Waals surface area contributed by atoms with E-state index >= 15 is 0 Å². The Morgan fingerprint density at radius 1 is 1.06 bits per heavy atom. The van der Waals surface area contributed by atoms with Crippen LogP contribution >= 0.6 is 0 Å². The van der Waals surface area contributed by atoms with Gasteiger partial charge in [0.05, 0.1) is 13.7 Å².